The first kappa shape index (κ1) is 12.3. The average Bonchev–Trinajstić information content (AvgIpc) is 2.65. The Labute approximate surface area is 107 Å². The molecule has 0 saturated carbocycles. The average molecular weight is 266 g/mol. The minimum absolute atomic E-state index is 0.0638. The van der Waals surface area contributed by atoms with Gasteiger partial charge in [0.2, 0.25) is 0 Å². The first-order valence-corrected chi connectivity index (χ1v) is 5.35. The highest BCUT2D eigenvalue weighted by atomic mass is 35.5. The van der Waals surface area contributed by atoms with Crippen LogP contribution in [-0.2, 0) is 7.05 Å². The van der Waals surface area contributed by atoms with Gasteiger partial charge in [0.15, 0.2) is 6.29 Å². The van der Waals surface area contributed by atoms with Crippen LogP contribution < -0.4 is 0 Å². The Balaban J connectivity index is 2.62. The normalized spacial score (nSPS) is 10.3. The first-order chi connectivity index (χ1) is 8.54. The Kier molecular flexibility index (Phi) is 3.12. The van der Waals surface area contributed by atoms with Gasteiger partial charge in [0, 0.05) is 24.7 Å². The van der Waals surface area contributed by atoms with Gasteiger partial charge in [-0.3, -0.25) is 19.6 Å². The standard InChI is InChI=1S/C11H8ClN3O3/c1-14-11(12)9(6-16)10(13-14)7-3-2-4-8(5-7)15(17)18/h2-6H,1H3. The van der Waals surface area contributed by atoms with E-state index in [1.54, 1.807) is 13.1 Å². The van der Waals surface area contributed by atoms with Crippen molar-refractivity contribution in [2.24, 2.45) is 7.05 Å². The van der Waals surface area contributed by atoms with Gasteiger partial charge >= 0.3 is 0 Å². The molecule has 1 heterocycles. The second-order valence-corrected chi connectivity index (χ2v) is 3.96. The number of aldehydes is 1. The summed E-state index contributed by atoms with van der Waals surface area (Å²) >= 11 is 5.90. The number of aryl methyl sites for hydroxylation is 1. The molecule has 0 radical (unpaired) electrons. The fraction of sp³-hybridized carbons (Fsp3) is 0.0909. The summed E-state index contributed by atoms with van der Waals surface area (Å²) in [7, 11) is 1.59. The maximum Gasteiger partial charge on any atom is 0.270 e. The van der Waals surface area contributed by atoms with Crippen LogP contribution in [0.25, 0.3) is 11.3 Å². The summed E-state index contributed by atoms with van der Waals surface area (Å²) < 4.78 is 1.35. The molecule has 0 amide bonds. The summed E-state index contributed by atoms with van der Waals surface area (Å²) in [5.41, 5.74) is 0.973. The maximum atomic E-state index is 11.0. The zero-order valence-corrected chi connectivity index (χ0v) is 10.1. The van der Waals surface area contributed by atoms with Crippen LogP contribution in [0.5, 0.6) is 0 Å². The van der Waals surface area contributed by atoms with Gasteiger partial charge in [-0.1, -0.05) is 23.7 Å². The van der Waals surface area contributed by atoms with Gasteiger partial charge in [-0.15, -0.1) is 0 Å². The first-order valence-electron chi connectivity index (χ1n) is 4.97. The van der Waals surface area contributed by atoms with Crippen LogP contribution in [0, 0.1) is 10.1 Å². The lowest BCUT2D eigenvalue weighted by Crippen LogP contribution is -1.91. The Hall–Kier alpha value is -2.21. The smallest absolute Gasteiger partial charge is 0.270 e. The van der Waals surface area contributed by atoms with Gasteiger partial charge in [0.1, 0.15) is 10.8 Å². The highest BCUT2D eigenvalue weighted by Crippen LogP contribution is 2.28. The number of carbonyl (C=O) groups is 1. The number of rotatable bonds is 3. The lowest BCUT2D eigenvalue weighted by atomic mass is 10.1. The molecular formula is C11H8ClN3O3. The minimum Gasteiger partial charge on any atom is -0.298 e. The molecule has 1 aromatic heterocycles. The van der Waals surface area contributed by atoms with Crippen molar-refractivity contribution in [3.05, 3.63) is 45.1 Å². The summed E-state index contributed by atoms with van der Waals surface area (Å²) in [4.78, 5) is 21.2. The Morgan fingerprint density at radius 1 is 1.50 bits per heavy atom. The van der Waals surface area contributed by atoms with Gasteiger partial charge in [0.25, 0.3) is 5.69 Å². The molecule has 0 saturated heterocycles. The van der Waals surface area contributed by atoms with Gasteiger partial charge < -0.3 is 0 Å². The number of nitrogens with zero attached hydrogens (tertiary/aromatic N) is 3. The number of carbonyl (C=O) groups excluding carboxylic acids is 1. The van der Waals surface area contributed by atoms with Crippen LogP contribution in [0.1, 0.15) is 10.4 Å². The second-order valence-electron chi connectivity index (χ2n) is 3.60. The molecule has 0 N–H and O–H groups in total. The summed E-state index contributed by atoms with van der Waals surface area (Å²) in [5.74, 6) is 0. The molecule has 0 unspecified atom stereocenters. The fourth-order valence-corrected chi connectivity index (χ4v) is 1.78. The second kappa shape index (κ2) is 4.58. The number of hydrogen-bond donors (Lipinski definition) is 0. The Morgan fingerprint density at radius 2 is 2.22 bits per heavy atom. The molecular weight excluding hydrogens is 258 g/mol. The van der Waals surface area contributed by atoms with Crippen LogP contribution in [0.3, 0.4) is 0 Å². The zero-order chi connectivity index (χ0) is 13.3. The SMILES string of the molecule is Cn1nc(-c2cccc([N+](=O)[O-])c2)c(C=O)c1Cl. The van der Waals surface area contributed by atoms with Gasteiger partial charge in [-0.25, -0.2) is 0 Å². The minimum atomic E-state index is -0.505. The maximum absolute atomic E-state index is 11.0. The van der Waals surface area contributed by atoms with Crippen molar-refractivity contribution in [3.63, 3.8) is 0 Å². The predicted molar refractivity (Wildman–Crippen MR) is 65.7 cm³/mol. The molecule has 0 bridgehead atoms. The molecule has 0 fully saturated rings. The van der Waals surface area contributed by atoms with Crippen LogP contribution in [0.2, 0.25) is 5.15 Å². The quantitative estimate of drug-likeness (QED) is 0.485. The van der Waals surface area contributed by atoms with E-state index >= 15 is 0 Å². The summed E-state index contributed by atoms with van der Waals surface area (Å²) in [6.45, 7) is 0. The molecule has 7 heteroatoms. The number of benzene rings is 1. The number of nitro groups is 1. The van der Waals surface area contributed by atoms with Crippen LogP contribution >= 0.6 is 11.6 Å². The monoisotopic (exact) mass is 265 g/mol. The zero-order valence-electron chi connectivity index (χ0n) is 9.33. The molecule has 0 aliphatic heterocycles. The lowest BCUT2D eigenvalue weighted by Gasteiger charge is -1.97. The van der Waals surface area contributed by atoms with Crippen LogP contribution in [0.15, 0.2) is 24.3 Å². The summed E-state index contributed by atoms with van der Waals surface area (Å²) in [5, 5.41) is 15.0. The third-order valence-electron chi connectivity index (χ3n) is 2.46. The van der Waals surface area contributed by atoms with Gasteiger partial charge in [-0.05, 0) is 0 Å². The van der Waals surface area contributed by atoms with E-state index < -0.39 is 4.92 Å². The Morgan fingerprint density at radius 3 is 2.83 bits per heavy atom. The lowest BCUT2D eigenvalue weighted by molar-refractivity contribution is -0.384. The number of hydrogen-bond acceptors (Lipinski definition) is 4. The van der Waals surface area contributed by atoms with Crippen molar-refractivity contribution < 1.29 is 9.72 Å². The van der Waals surface area contributed by atoms with Crippen molar-refractivity contribution >= 4 is 23.6 Å². The highest BCUT2D eigenvalue weighted by Gasteiger charge is 2.17. The Bertz CT molecular complexity index is 636. The van der Waals surface area contributed by atoms with Crippen LogP contribution in [-0.4, -0.2) is 21.0 Å². The molecule has 1 aromatic carbocycles. The molecule has 18 heavy (non-hydrogen) atoms. The van der Waals surface area contributed by atoms with Crippen molar-refractivity contribution in [1.82, 2.24) is 9.78 Å². The topological polar surface area (TPSA) is 78.0 Å². The number of non-ortho nitro benzene ring substituents is 1. The van der Waals surface area contributed by atoms with Gasteiger partial charge in [-0.2, -0.15) is 5.10 Å². The molecule has 2 rings (SSSR count). The highest BCUT2D eigenvalue weighted by molar-refractivity contribution is 6.32. The number of aromatic nitrogens is 2. The largest absolute Gasteiger partial charge is 0.298 e. The van der Waals surface area contributed by atoms with E-state index in [2.05, 4.69) is 5.10 Å². The van der Waals surface area contributed by atoms with E-state index in [-0.39, 0.29) is 16.4 Å². The molecule has 2 aromatic rings. The third-order valence-corrected chi connectivity index (χ3v) is 2.91. The van der Waals surface area contributed by atoms with E-state index in [9.17, 15) is 14.9 Å². The molecule has 0 aliphatic carbocycles. The third kappa shape index (κ3) is 1.98. The van der Waals surface area contributed by atoms with E-state index in [4.69, 9.17) is 11.6 Å². The van der Waals surface area contributed by atoms with E-state index in [0.717, 1.165) is 0 Å². The van der Waals surface area contributed by atoms with Crippen molar-refractivity contribution in [1.29, 1.82) is 0 Å². The van der Waals surface area contributed by atoms with Crippen molar-refractivity contribution in [3.8, 4) is 11.3 Å². The molecule has 6 nitrogen and oxygen atoms in total. The van der Waals surface area contributed by atoms with Crippen molar-refractivity contribution in [2.75, 3.05) is 0 Å². The van der Waals surface area contributed by atoms with E-state index in [1.165, 1.54) is 22.9 Å². The fourth-order valence-electron chi connectivity index (χ4n) is 1.60. The number of nitro benzene ring substituents is 1. The van der Waals surface area contributed by atoms with Gasteiger partial charge in [0.05, 0.1) is 10.5 Å². The molecule has 0 spiro atoms. The van der Waals surface area contributed by atoms with Crippen molar-refractivity contribution in [2.45, 2.75) is 0 Å². The molecule has 0 atom stereocenters. The predicted octanol–water partition coefficient (Wildman–Crippen LogP) is 2.46. The van der Waals surface area contributed by atoms with E-state index in [0.29, 0.717) is 17.5 Å². The van der Waals surface area contributed by atoms with Crippen LogP contribution in [0.4, 0.5) is 5.69 Å². The number of halogens is 1. The molecule has 0 aliphatic rings. The van der Waals surface area contributed by atoms with E-state index in [1.807, 2.05) is 0 Å². The summed E-state index contributed by atoms with van der Waals surface area (Å²) in [6.07, 6.45) is 0.587. The summed E-state index contributed by atoms with van der Waals surface area (Å²) in [6, 6.07) is 5.89. The molecule has 92 valence electrons.